The zero-order valence-corrected chi connectivity index (χ0v) is 16.0. The summed E-state index contributed by atoms with van der Waals surface area (Å²) in [7, 11) is 1.66. The van der Waals surface area contributed by atoms with Crippen molar-refractivity contribution < 1.29 is 4.79 Å². The molecule has 2 aromatic rings. The summed E-state index contributed by atoms with van der Waals surface area (Å²) in [4.78, 5) is 27.8. The van der Waals surface area contributed by atoms with Crippen molar-refractivity contribution in [1.29, 1.82) is 5.26 Å². The molecule has 1 aliphatic rings. The third-order valence-electron chi connectivity index (χ3n) is 5.33. The van der Waals surface area contributed by atoms with E-state index in [1.165, 1.54) is 4.57 Å². The first kappa shape index (κ1) is 19.8. The molecule has 1 amide bonds. The van der Waals surface area contributed by atoms with Crippen LogP contribution in [0.3, 0.4) is 0 Å². The van der Waals surface area contributed by atoms with Crippen molar-refractivity contribution in [3.8, 4) is 17.2 Å². The van der Waals surface area contributed by atoms with Crippen LogP contribution < -0.4 is 16.7 Å². The molecule has 1 heterocycles. The number of nitrogens with one attached hydrogen (secondary N) is 1. The number of hydrogen-bond donors (Lipinski definition) is 2. The van der Waals surface area contributed by atoms with Crippen molar-refractivity contribution in [2.75, 3.05) is 0 Å². The van der Waals surface area contributed by atoms with E-state index in [2.05, 4.69) is 16.4 Å². The molecule has 3 N–H and O–H groups in total. The van der Waals surface area contributed by atoms with E-state index in [0.717, 1.165) is 36.0 Å². The minimum Gasteiger partial charge on any atom is -0.338 e. The van der Waals surface area contributed by atoms with Crippen LogP contribution in [-0.4, -0.2) is 27.0 Å². The van der Waals surface area contributed by atoms with Gasteiger partial charge in [-0.05, 0) is 24.0 Å². The minimum atomic E-state index is -0.854. The Hall–Kier alpha value is -2.98. The van der Waals surface area contributed by atoms with Crippen LogP contribution in [0.2, 0.25) is 0 Å². The number of nitrogens with zero attached hydrogens (tertiary/aromatic N) is 3. The van der Waals surface area contributed by atoms with Gasteiger partial charge in [0.1, 0.15) is 6.04 Å². The third-order valence-corrected chi connectivity index (χ3v) is 5.33. The number of benzene rings is 1. The topological polar surface area (TPSA) is 114 Å². The molecule has 0 bridgehead atoms. The molecule has 1 aromatic heterocycles. The first-order valence-electron chi connectivity index (χ1n) is 9.53. The number of carbonyl (C=O) groups is 1. The van der Waals surface area contributed by atoms with Crippen LogP contribution in [0.15, 0.2) is 41.5 Å². The number of amides is 1. The Kier molecular flexibility index (Phi) is 5.90. The maximum atomic E-state index is 12.6. The van der Waals surface area contributed by atoms with Crippen LogP contribution >= 0.6 is 0 Å². The van der Waals surface area contributed by atoms with E-state index in [9.17, 15) is 14.9 Å². The molecule has 1 fully saturated rings. The number of aromatic nitrogens is 2. The highest BCUT2D eigenvalue weighted by molar-refractivity contribution is 5.86. The fraction of sp³-hybridized carbons (Fsp3) is 0.429. The monoisotopic (exact) mass is 379 g/mol. The SMILES string of the molecule is Cn1cc(-c2ccc(CC(C#N)NC(=O)C3(N)CCCCC3)cc2)cnc1=O. The van der Waals surface area contributed by atoms with E-state index in [1.54, 1.807) is 19.4 Å². The molecule has 1 aromatic carbocycles. The quantitative estimate of drug-likeness (QED) is 0.820. The molecule has 0 aliphatic heterocycles. The largest absolute Gasteiger partial charge is 0.347 e. The molecule has 7 heteroatoms. The molecule has 0 saturated heterocycles. The fourth-order valence-electron chi connectivity index (χ4n) is 3.57. The highest BCUT2D eigenvalue weighted by Crippen LogP contribution is 2.26. The zero-order valence-electron chi connectivity index (χ0n) is 16.0. The lowest BCUT2D eigenvalue weighted by molar-refractivity contribution is -0.127. The molecule has 1 saturated carbocycles. The molecule has 28 heavy (non-hydrogen) atoms. The molecular weight excluding hydrogens is 354 g/mol. The van der Waals surface area contributed by atoms with E-state index < -0.39 is 11.6 Å². The average molecular weight is 379 g/mol. The van der Waals surface area contributed by atoms with E-state index in [1.807, 2.05) is 24.3 Å². The molecule has 146 valence electrons. The first-order valence-corrected chi connectivity index (χ1v) is 9.53. The summed E-state index contributed by atoms with van der Waals surface area (Å²) in [6.07, 6.45) is 8.01. The highest BCUT2D eigenvalue weighted by atomic mass is 16.2. The highest BCUT2D eigenvalue weighted by Gasteiger charge is 2.36. The Morgan fingerprint density at radius 2 is 1.96 bits per heavy atom. The summed E-state index contributed by atoms with van der Waals surface area (Å²) < 4.78 is 1.43. The van der Waals surface area contributed by atoms with Gasteiger partial charge < -0.3 is 15.6 Å². The van der Waals surface area contributed by atoms with Crippen molar-refractivity contribution >= 4 is 5.91 Å². The molecule has 0 spiro atoms. The van der Waals surface area contributed by atoms with Gasteiger partial charge in [0.05, 0.1) is 11.6 Å². The van der Waals surface area contributed by atoms with E-state index in [-0.39, 0.29) is 11.6 Å². The summed E-state index contributed by atoms with van der Waals surface area (Å²) in [5, 5.41) is 12.3. The Bertz CT molecular complexity index is 937. The Balaban J connectivity index is 1.66. The van der Waals surface area contributed by atoms with Gasteiger partial charge in [0.25, 0.3) is 0 Å². The predicted molar refractivity (Wildman–Crippen MR) is 106 cm³/mol. The van der Waals surface area contributed by atoms with Crippen LogP contribution in [-0.2, 0) is 18.3 Å². The van der Waals surface area contributed by atoms with Crippen LogP contribution in [0.5, 0.6) is 0 Å². The van der Waals surface area contributed by atoms with Gasteiger partial charge >= 0.3 is 5.69 Å². The van der Waals surface area contributed by atoms with E-state index >= 15 is 0 Å². The van der Waals surface area contributed by atoms with E-state index in [4.69, 9.17) is 5.73 Å². The second-order valence-electron chi connectivity index (χ2n) is 7.51. The number of nitrogens with two attached hydrogens (primary N) is 1. The summed E-state index contributed by atoms with van der Waals surface area (Å²) >= 11 is 0. The molecular formula is C21H25N5O2. The molecule has 1 aliphatic carbocycles. The maximum Gasteiger partial charge on any atom is 0.347 e. The van der Waals surface area contributed by atoms with Gasteiger partial charge in [0, 0.05) is 31.4 Å². The van der Waals surface area contributed by atoms with Crippen LogP contribution in [0.1, 0.15) is 37.7 Å². The number of rotatable bonds is 5. The van der Waals surface area contributed by atoms with Crippen molar-refractivity contribution in [3.63, 3.8) is 0 Å². The molecule has 7 nitrogen and oxygen atoms in total. The second kappa shape index (κ2) is 8.36. The lowest BCUT2D eigenvalue weighted by Crippen LogP contribution is -2.57. The van der Waals surface area contributed by atoms with Crippen molar-refractivity contribution in [3.05, 3.63) is 52.7 Å². The molecule has 3 rings (SSSR count). The van der Waals surface area contributed by atoms with Crippen molar-refractivity contribution in [1.82, 2.24) is 14.9 Å². The van der Waals surface area contributed by atoms with Gasteiger partial charge in [-0.15, -0.1) is 0 Å². The predicted octanol–water partition coefficient (Wildman–Crippen LogP) is 1.66. The number of hydrogen-bond acceptors (Lipinski definition) is 5. The lowest BCUT2D eigenvalue weighted by atomic mass is 9.81. The first-order chi connectivity index (χ1) is 13.4. The van der Waals surface area contributed by atoms with E-state index in [0.29, 0.717) is 19.3 Å². The Morgan fingerprint density at radius 3 is 2.57 bits per heavy atom. The zero-order chi connectivity index (χ0) is 20.1. The minimum absolute atomic E-state index is 0.230. The summed E-state index contributed by atoms with van der Waals surface area (Å²) in [5.74, 6) is -0.230. The van der Waals surface area contributed by atoms with Gasteiger partial charge in [-0.25, -0.2) is 9.78 Å². The maximum absolute atomic E-state index is 12.6. The van der Waals surface area contributed by atoms with Gasteiger partial charge in [-0.2, -0.15) is 5.26 Å². The fourth-order valence-corrected chi connectivity index (χ4v) is 3.57. The van der Waals surface area contributed by atoms with Crippen LogP contribution in [0.25, 0.3) is 11.1 Å². The van der Waals surface area contributed by atoms with Crippen molar-refractivity contribution in [2.24, 2.45) is 12.8 Å². The summed E-state index contributed by atoms with van der Waals surface area (Å²) in [6, 6.07) is 9.19. The van der Waals surface area contributed by atoms with Gasteiger partial charge in [0.15, 0.2) is 0 Å². The molecule has 1 atom stereocenters. The smallest absolute Gasteiger partial charge is 0.338 e. The van der Waals surface area contributed by atoms with Crippen LogP contribution in [0.4, 0.5) is 0 Å². The molecule has 0 radical (unpaired) electrons. The van der Waals surface area contributed by atoms with Gasteiger partial charge in [-0.1, -0.05) is 43.5 Å². The standard InChI is InChI=1S/C21H25N5O2/c1-26-14-17(13-24-20(26)28)16-7-5-15(6-8-16)11-18(12-22)25-19(27)21(23)9-3-2-4-10-21/h5-8,13-14,18H,2-4,9-11,23H2,1H3,(H,25,27). The summed E-state index contributed by atoms with van der Waals surface area (Å²) in [5.41, 5.74) is 7.79. The van der Waals surface area contributed by atoms with Gasteiger partial charge in [-0.3, -0.25) is 4.79 Å². The third kappa shape index (κ3) is 4.46. The normalized spacial score (nSPS) is 16.8. The molecule has 1 unspecified atom stereocenters. The second-order valence-corrected chi connectivity index (χ2v) is 7.51. The lowest BCUT2D eigenvalue weighted by Gasteiger charge is -2.32. The van der Waals surface area contributed by atoms with Crippen LogP contribution in [0, 0.1) is 11.3 Å². The Morgan fingerprint density at radius 1 is 1.29 bits per heavy atom. The number of carbonyl (C=O) groups excluding carboxylic acids is 1. The number of nitriles is 1. The van der Waals surface area contributed by atoms with Crippen molar-refractivity contribution in [2.45, 2.75) is 50.1 Å². The Labute approximate surface area is 164 Å². The van der Waals surface area contributed by atoms with Gasteiger partial charge in [0.2, 0.25) is 5.91 Å². The number of aryl methyl sites for hydroxylation is 1. The summed E-state index contributed by atoms with van der Waals surface area (Å²) in [6.45, 7) is 0. The average Bonchev–Trinajstić information content (AvgIpc) is 2.70.